The van der Waals surface area contributed by atoms with E-state index in [9.17, 15) is 9.18 Å². The highest BCUT2D eigenvalue weighted by Crippen LogP contribution is 2.33. The van der Waals surface area contributed by atoms with E-state index < -0.39 is 0 Å². The molecule has 17 heavy (non-hydrogen) atoms. The van der Waals surface area contributed by atoms with Gasteiger partial charge in [-0.2, -0.15) is 0 Å². The summed E-state index contributed by atoms with van der Waals surface area (Å²) in [6.07, 6.45) is 4.29. The van der Waals surface area contributed by atoms with Gasteiger partial charge in [0.2, 0.25) is 0 Å². The standard InChI is InChI=1S/C14H13FOS/c15-11-4-5-13-10(7-11)8-14(17-13)12(16)6-9-2-1-3-9/h4-5,7-9H,1-3,6H2. The molecule has 0 atom stereocenters. The second-order valence-corrected chi connectivity index (χ2v) is 5.80. The third-order valence-corrected chi connectivity index (χ3v) is 4.61. The van der Waals surface area contributed by atoms with Crippen LogP contribution in [0.5, 0.6) is 0 Å². The van der Waals surface area contributed by atoms with Crippen molar-refractivity contribution in [2.45, 2.75) is 25.7 Å². The number of hydrogen-bond acceptors (Lipinski definition) is 2. The smallest absolute Gasteiger partial charge is 0.173 e. The molecule has 3 rings (SSSR count). The van der Waals surface area contributed by atoms with Gasteiger partial charge in [0.05, 0.1) is 4.88 Å². The molecule has 1 aliphatic carbocycles. The molecule has 0 N–H and O–H groups in total. The average Bonchev–Trinajstić information content (AvgIpc) is 2.65. The lowest BCUT2D eigenvalue weighted by Gasteiger charge is -2.23. The maximum absolute atomic E-state index is 13.0. The molecular weight excluding hydrogens is 235 g/mol. The molecular formula is C14H13FOS. The van der Waals surface area contributed by atoms with E-state index in [1.165, 1.54) is 42.7 Å². The fourth-order valence-corrected chi connectivity index (χ4v) is 3.20. The van der Waals surface area contributed by atoms with Crippen LogP contribution in [0, 0.1) is 11.7 Å². The normalized spacial score (nSPS) is 16.1. The first-order valence-corrected chi connectivity index (χ1v) is 6.76. The van der Waals surface area contributed by atoms with E-state index in [1.54, 1.807) is 6.07 Å². The Balaban J connectivity index is 1.86. The van der Waals surface area contributed by atoms with Gasteiger partial charge in [0, 0.05) is 11.1 Å². The third kappa shape index (κ3) is 2.12. The zero-order valence-corrected chi connectivity index (χ0v) is 10.2. The van der Waals surface area contributed by atoms with Gasteiger partial charge in [-0.3, -0.25) is 4.79 Å². The van der Waals surface area contributed by atoms with Gasteiger partial charge in [0.15, 0.2) is 5.78 Å². The van der Waals surface area contributed by atoms with Gasteiger partial charge in [0.1, 0.15) is 5.82 Å². The molecule has 1 nitrogen and oxygen atoms in total. The van der Waals surface area contributed by atoms with Crippen molar-refractivity contribution in [1.82, 2.24) is 0 Å². The summed E-state index contributed by atoms with van der Waals surface area (Å²) < 4.78 is 14.0. The number of rotatable bonds is 3. The first kappa shape index (κ1) is 10.9. The average molecular weight is 248 g/mol. The monoisotopic (exact) mass is 248 g/mol. The minimum absolute atomic E-state index is 0.219. The highest BCUT2D eigenvalue weighted by molar-refractivity contribution is 7.20. The predicted octanol–water partition coefficient (Wildman–Crippen LogP) is 4.41. The Labute approximate surface area is 103 Å². The molecule has 1 aromatic carbocycles. The van der Waals surface area contributed by atoms with Crippen molar-refractivity contribution in [2.75, 3.05) is 0 Å². The lowest BCUT2D eigenvalue weighted by molar-refractivity contribution is 0.0940. The van der Waals surface area contributed by atoms with Crippen LogP contribution >= 0.6 is 11.3 Å². The Morgan fingerprint density at radius 3 is 2.88 bits per heavy atom. The van der Waals surface area contributed by atoms with E-state index in [4.69, 9.17) is 0 Å². The van der Waals surface area contributed by atoms with Crippen molar-refractivity contribution in [3.63, 3.8) is 0 Å². The van der Waals surface area contributed by atoms with E-state index in [-0.39, 0.29) is 11.6 Å². The van der Waals surface area contributed by atoms with Gasteiger partial charge >= 0.3 is 0 Å². The summed E-state index contributed by atoms with van der Waals surface area (Å²) in [5, 5.41) is 0.840. The SMILES string of the molecule is O=C(CC1CCC1)c1cc2cc(F)ccc2s1. The molecule has 0 unspecified atom stereocenters. The van der Waals surface area contributed by atoms with Crippen molar-refractivity contribution >= 4 is 27.2 Å². The van der Waals surface area contributed by atoms with Crippen molar-refractivity contribution in [3.8, 4) is 0 Å². The molecule has 0 aliphatic heterocycles. The van der Waals surface area contributed by atoms with Gasteiger partial charge in [-0.25, -0.2) is 4.39 Å². The molecule has 1 fully saturated rings. The summed E-state index contributed by atoms with van der Waals surface area (Å²) in [5.74, 6) is 0.564. The topological polar surface area (TPSA) is 17.1 Å². The van der Waals surface area contributed by atoms with Crippen LogP contribution in [-0.4, -0.2) is 5.78 Å². The highest BCUT2D eigenvalue weighted by atomic mass is 32.1. The van der Waals surface area contributed by atoms with Crippen LogP contribution in [0.1, 0.15) is 35.4 Å². The van der Waals surface area contributed by atoms with Gasteiger partial charge in [0.25, 0.3) is 0 Å². The molecule has 0 amide bonds. The summed E-state index contributed by atoms with van der Waals surface area (Å²) in [7, 11) is 0. The van der Waals surface area contributed by atoms with E-state index in [1.807, 2.05) is 6.07 Å². The summed E-state index contributed by atoms with van der Waals surface area (Å²) in [6, 6.07) is 6.50. The maximum Gasteiger partial charge on any atom is 0.173 e. The van der Waals surface area contributed by atoms with Crippen LogP contribution in [0.3, 0.4) is 0 Å². The van der Waals surface area contributed by atoms with Crippen LogP contribution in [0.25, 0.3) is 10.1 Å². The number of Topliss-reactive ketones (excluding diaryl/α,β-unsaturated/α-hetero) is 1. The van der Waals surface area contributed by atoms with Crippen LogP contribution in [0.4, 0.5) is 4.39 Å². The zero-order chi connectivity index (χ0) is 11.8. The molecule has 1 aromatic heterocycles. The second-order valence-electron chi connectivity index (χ2n) is 4.72. The first-order chi connectivity index (χ1) is 8.22. The van der Waals surface area contributed by atoms with Crippen molar-refractivity contribution in [1.29, 1.82) is 0 Å². The molecule has 0 saturated heterocycles. The van der Waals surface area contributed by atoms with Crippen molar-refractivity contribution < 1.29 is 9.18 Å². The summed E-state index contributed by atoms with van der Waals surface area (Å²) in [6.45, 7) is 0. The van der Waals surface area contributed by atoms with Crippen LogP contribution in [0.2, 0.25) is 0 Å². The second kappa shape index (κ2) is 4.22. The number of carbonyl (C=O) groups is 1. The number of fused-ring (bicyclic) bond motifs is 1. The summed E-state index contributed by atoms with van der Waals surface area (Å²) >= 11 is 1.47. The van der Waals surface area contributed by atoms with Gasteiger partial charge < -0.3 is 0 Å². The van der Waals surface area contributed by atoms with E-state index in [0.29, 0.717) is 12.3 Å². The van der Waals surface area contributed by atoms with Gasteiger partial charge in [-0.05, 0) is 35.6 Å². The quantitative estimate of drug-likeness (QED) is 0.735. The molecule has 1 saturated carbocycles. The van der Waals surface area contributed by atoms with Crippen molar-refractivity contribution in [2.24, 2.45) is 5.92 Å². The summed E-state index contributed by atoms with van der Waals surface area (Å²) in [5.41, 5.74) is 0. The molecule has 3 heteroatoms. The molecule has 1 heterocycles. The number of ketones is 1. The number of carbonyl (C=O) groups excluding carboxylic acids is 1. The van der Waals surface area contributed by atoms with E-state index in [2.05, 4.69) is 0 Å². The fraction of sp³-hybridized carbons (Fsp3) is 0.357. The number of thiophene rings is 1. The lowest BCUT2D eigenvalue weighted by Crippen LogP contribution is -2.15. The molecule has 1 aliphatic rings. The van der Waals surface area contributed by atoms with Gasteiger partial charge in [-0.1, -0.05) is 19.3 Å². The largest absolute Gasteiger partial charge is 0.293 e. The molecule has 0 bridgehead atoms. The van der Waals surface area contributed by atoms with Crippen molar-refractivity contribution in [3.05, 3.63) is 35.0 Å². The number of hydrogen-bond donors (Lipinski definition) is 0. The number of halogens is 1. The van der Waals surface area contributed by atoms with E-state index >= 15 is 0 Å². The zero-order valence-electron chi connectivity index (χ0n) is 9.41. The van der Waals surface area contributed by atoms with Gasteiger partial charge in [-0.15, -0.1) is 11.3 Å². The first-order valence-electron chi connectivity index (χ1n) is 5.95. The van der Waals surface area contributed by atoms with Crippen LogP contribution < -0.4 is 0 Å². The van der Waals surface area contributed by atoms with Crippen LogP contribution in [0.15, 0.2) is 24.3 Å². The lowest BCUT2D eigenvalue weighted by atomic mass is 9.82. The fourth-order valence-electron chi connectivity index (χ4n) is 2.21. The minimum atomic E-state index is -0.242. The minimum Gasteiger partial charge on any atom is -0.293 e. The molecule has 0 radical (unpaired) electrons. The van der Waals surface area contributed by atoms with E-state index in [0.717, 1.165) is 15.0 Å². The Hall–Kier alpha value is -1.22. The Kier molecular flexibility index (Phi) is 2.71. The Bertz CT molecular complexity index is 569. The Morgan fingerprint density at radius 2 is 2.18 bits per heavy atom. The predicted molar refractivity (Wildman–Crippen MR) is 68.1 cm³/mol. The summed E-state index contributed by atoms with van der Waals surface area (Å²) in [4.78, 5) is 12.8. The maximum atomic E-state index is 13.0. The highest BCUT2D eigenvalue weighted by Gasteiger charge is 2.22. The molecule has 88 valence electrons. The molecule has 0 spiro atoms. The van der Waals surface area contributed by atoms with Crippen LogP contribution in [-0.2, 0) is 0 Å². The Morgan fingerprint density at radius 1 is 1.35 bits per heavy atom. The molecule has 2 aromatic rings. The number of benzene rings is 1. The third-order valence-electron chi connectivity index (χ3n) is 3.45.